The van der Waals surface area contributed by atoms with Gasteiger partial charge in [0, 0.05) is 6.20 Å². The van der Waals surface area contributed by atoms with E-state index in [2.05, 4.69) is 4.98 Å². The van der Waals surface area contributed by atoms with E-state index in [0.717, 1.165) is 23.7 Å². The van der Waals surface area contributed by atoms with E-state index < -0.39 is 0 Å². The van der Waals surface area contributed by atoms with Crippen LogP contribution in [0.5, 0.6) is 5.75 Å². The second-order valence-electron chi connectivity index (χ2n) is 4.32. The number of pyridine rings is 1. The third-order valence-electron chi connectivity index (χ3n) is 3.01. The van der Waals surface area contributed by atoms with Crippen LogP contribution in [0.1, 0.15) is 12.1 Å². The lowest BCUT2D eigenvalue weighted by atomic mass is 10.0. The number of imidazole rings is 1. The number of thioether (sulfide) groups is 1. The molecule has 0 spiro atoms. The summed E-state index contributed by atoms with van der Waals surface area (Å²) in [5, 5.41) is 9.37. The number of aromatic nitrogens is 2. The normalized spacial score (nSPS) is 20.6. The SMILES string of the molecule is Oc1ccc2nc(CC3CCSC3)cn2c1. The average Bonchev–Trinajstić information content (AvgIpc) is 2.86. The molecule has 84 valence electrons. The number of rotatable bonds is 2. The minimum absolute atomic E-state index is 0.285. The number of nitrogens with zero attached hydrogens (tertiary/aromatic N) is 2. The second kappa shape index (κ2) is 4.01. The number of fused-ring (bicyclic) bond motifs is 1. The summed E-state index contributed by atoms with van der Waals surface area (Å²) in [5.41, 5.74) is 2.05. The van der Waals surface area contributed by atoms with Gasteiger partial charge in [0.15, 0.2) is 0 Å². The summed E-state index contributed by atoms with van der Waals surface area (Å²) in [6.45, 7) is 0. The van der Waals surface area contributed by atoms with Crippen LogP contribution in [-0.4, -0.2) is 26.0 Å². The second-order valence-corrected chi connectivity index (χ2v) is 5.47. The molecule has 0 radical (unpaired) electrons. The van der Waals surface area contributed by atoms with E-state index in [1.165, 1.54) is 17.9 Å². The quantitative estimate of drug-likeness (QED) is 0.866. The van der Waals surface area contributed by atoms with E-state index >= 15 is 0 Å². The van der Waals surface area contributed by atoms with Crippen molar-refractivity contribution < 1.29 is 5.11 Å². The standard InChI is InChI=1S/C12H14N2OS/c15-11-1-2-12-13-10(6-14(12)7-11)5-9-3-4-16-8-9/h1-2,6-7,9,15H,3-5,8H2. The molecule has 1 unspecified atom stereocenters. The lowest BCUT2D eigenvalue weighted by Gasteiger charge is -2.03. The van der Waals surface area contributed by atoms with Gasteiger partial charge in [-0.3, -0.25) is 0 Å². The molecule has 0 aliphatic carbocycles. The summed E-state index contributed by atoms with van der Waals surface area (Å²) < 4.78 is 1.90. The first-order chi connectivity index (χ1) is 7.81. The largest absolute Gasteiger partial charge is 0.506 e. The van der Waals surface area contributed by atoms with Crippen LogP contribution >= 0.6 is 11.8 Å². The van der Waals surface area contributed by atoms with Crippen molar-refractivity contribution in [2.75, 3.05) is 11.5 Å². The molecule has 16 heavy (non-hydrogen) atoms. The third-order valence-corrected chi connectivity index (χ3v) is 4.24. The minimum atomic E-state index is 0.285. The minimum Gasteiger partial charge on any atom is -0.506 e. The zero-order valence-corrected chi connectivity index (χ0v) is 9.78. The summed E-state index contributed by atoms with van der Waals surface area (Å²) in [6.07, 6.45) is 6.10. The molecule has 2 aromatic rings. The van der Waals surface area contributed by atoms with Crippen LogP contribution in [0.4, 0.5) is 0 Å². The van der Waals surface area contributed by atoms with Crippen LogP contribution in [0.15, 0.2) is 24.5 Å². The van der Waals surface area contributed by atoms with Crippen molar-refractivity contribution in [1.29, 1.82) is 0 Å². The zero-order chi connectivity index (χ0) is 11.0. The molecule has 1 atom stereocenters. The predicted octanol–water partition coefficient (Wildman–Crippen LogP) is 2.34. The van der Waals surface area contributed by atoms with E-state index in [-0.39, 0.29) is 5.75 Å². The van der Waals surface area contributed by atoms with Crippen LogP contribution in [0.2, 0.25) is 0 Å². The van der Waals surface area contributed by atoms with Gasteiger partial charge < -0.3 is 9.51 Å². The molecule has 1 saturated heterocycles. The van der Waals surface area contributed by atoms with Crippen molar-refractivity contribution in [2.45, 2.75) is 12.8 Å². The van der Waals surface area contributed by atoms with E-state index in [1.54, 1.807) is 12.3 Å². The average molecular weight is 234 g/mol. The lowest BCUT2D eigenvalue weighted by Crippen LogP contribution is -2.02. The first-order valence-corrected chi connectivity index (χ1v) is 6.71. The fraction of sp³-hybridized carbons (Fsp3) is 0.417. The van der Waals surface area contributed by atoms with Crippen molar-refractivity contribution in [2.24, 2.45) is 5.92 Å². The molecular formula is C12H14N2OS. The summed E-state index contributed by atoms with van der Waals surface area (Å²) in [7, 11) is 0. The Morgan fingerprint density at radius 3 is 3.19 bits per heavy atom. The Kier molecular flexibility index (Phi) is 2.52. The Labute approximate surface area is 98.5 Å². The number of aromatic hydroxyl groups is 1. The topological polar surface area (TPSA) is 37.5 Å². The highest BCUT2D eigenvalue weighted by Gasteiger charge is 2.17. The molecule has 4 heteroatoms. The van der Waals surface area contributed by atoms with Crippen LogP contribution < -0.4 is 0 Å². The fourth-order valence-electron chi connectivity index (χ4n) is 2.17. The van der Waals surface area contributed by atoms with E-state index in [9.17, 15) is 5.11 Å². The molecule has 0 amide bonds. The van der Waals surface area contributed by atoms with Crippen molar-refractivity contribution in [3.05, 3.63) is 30.2 Å². The molecule has 3 heterocycles. The molecule has 0 bridgehead atoms. The van der Waals surface area contributed by atoms with Gasteiger partial charge in [0.2, 0.25) is 0 Å². The first kappa shape index (κ1) is 10.0. The maximum Gasteiger partial charge on any atom is 0.137 e. The Balaban J connectivity index is 1.86. The highest BCUT2D eigenvalue weighted by atomic mass is 32.2. The van der Waals surface area contributed by atoms with E-state index in [0.29, 0.717) is 0 Å². The van der Waals surface area contributed by atoms with Crippen molar-refractivity contribution in [1.82, 2.24) is 9.38 Å². The van der Waals surface area contributed by atoms with Crippen molar-refractivity contribution >= 4 is 17.4 Å². The summed E-state index contributed by atoms with van der Waals surface area (Å²) in [6, 6.07) is 3.53. The Bertz CT molecular complexity index is 503. The van der Waals surface area contributed by atoms with Gasteiger partial charge in [0.25, 0.3) is 0 Å². The van der Waals surface area contributed by atoms with Gasteiger partial charge in [-0.2, -0.15) is 11.8 Å². The molecule has 1 fully saturated rings. The van der Waals surface area contributed by atoms with Gasteiger partial charge in [-0.25, -0.2) is 4.98 Å². The van der Waals surface area contributed by atoms with E-state index in [1.807, 2.05) is 28.4 Å². The fourth-order valence-corrected chi connectivity index (χ4v) is 3.46. The molecule has 1 N–H and O–H groups in total. The summed E-state index contributed by atoms with van der Waals surface area (Å²) in [5.74, 6) is 3.62. The number of hydrogen-bond acceptors (Lipinski definition) is 3. The summed E-state index contributed by atoms with van der Waals surface area (Å²) in [4.78, 5) is 4.56. The smallest absolute Gasteiger partial charge is 0.137 e. The molecule has 1 aliphatic heterocycles. The molecular weight excluding hydrogens is 220 g/mol. The monoisotopic (exact) mass is 234 g/mol. The maximum atomic E-state index is 9.37. The molecule has 3 nitrogen and oxygen atoms in total. The molecule has 1 aliphatic rings. The lowest BCUT2D eigenvalue weighted by molar-refractivity contribution is 0.472. The van der Waals surface area contributed by atoms with Crippen LogP contribution in [-0.2, 0) is 6.42 Å². The van der Waals surface area contributed by atoms with Crippen LogP contribution in [0.3, 0.4) is 0 Å². The van der Waals surface area contributed by atoms with Crippen LogP contribution in [0.25, 0.3) is 5.65 Å². The van der Waals surface area contributed by atoms with Crippen molar-refractivity contribution in [3.8, 4) is 5.75 Å². The summed E-state index contributed by atoms with van der Waals surface area (Å²) >= 11 is 2.04. The number of hydrogen-bond donors (Lipinski definition) is 1. The Morgan fingerprint density at radius 1 is 1.44 bits per heavy atom. The Hall–Kier alpha value is -1.16. The molecule has 2 aromatic heterocycles. The van der Waals surface area contributed by atoms with Gasteiger partial charge in [-0.1, -0.05) is 0 Å². The van der Waals surface area contributed by atoms with Gasteiger partial charge >= 0.3 is 0 Å². The van der Waals surface area contributed by atoms with Gasteiger partial charge in [-0.05, 0) is 42.4 Å². The maximum absolute atomic E-state index is 9.37. The molecule has 0 saturated carbocycles. The molecule has 0 aromatic carbocycles. The van der Waals surface area contributed by atoms with Crippen molar-refractivity contribution in [3.63, 3.8) is 0 Å². The third kappa shape index (κ3) is 1.89. The molecule has 3 rings (SSSR count). The van der Waals surface area contributed by atoms with Gasteiger partial charge in [-0.15, -0.1) is 0 Å². The van der Waals surface area contributed by atoms with Crippen LogP contribution in [0, 0.1) is 5.92 Å². The predicted molar refractivity (Wildman–Crippen MR) is 66.0 cm³/mol. The van der Waals surface area contributed by atoms with Gasteiger partial charge in [0.05, 0.1) is 11.9 Å². The zero-order valence-electron chi connectivity index (χ0n) is 8.97. The van der Waals surface area contributed by atoms with Gasteiger partial charge in [0.1, 0.15) is 11.4 Å². The Morgan fingerprint density at radius 2 is 2.38 bits per heavy atom. The van der Waals surface area contributed by atoms with E-state index in [4.69, 9.17) is 0 Å². The highest BCUT2D eigenvalue weighted by molar-refractivity contribution is 7.99. The first-order valence-electron chi connectivity index (χ1n) is 5.55. The highest BCUT2D eigenvalue weighted by Crippen LogP contribution is 2.26.